The van der Waals surface area contributed by atoms with Crippen molar-refractivity contribution in [2.24, 2.45) is 4.99 Å². The summed E-state index contributed by atoms with van der Waals surface area (Å²) in [4.78, 5) is 22.4. The summed E-state index contributed by atoms with van der Waals surface area (Å²) in [5.74, 6) is 0.659. The van der Waals surface area contributed by atoms with E-state index in [4.69, 9.17) is 0 Å². The van der Waals surface area contributed by atoms with Crippen molar-refractivity contribution in [1.82, 2.24) is 20.9 Å². The van der Waals surface area contributed by atoms with Crippen molar-refractivity contribution < 1.29 is 9.18 Å². The Hall–Kier alpha value is -1.65. The van der Waals surface area contributed by atoms with E-state index in [0.29, 0.717) is 24.4 Å². The maximum absolute atomic E-state index is 13.9. The second-order valence-corrected chi connectivity index (χ2v) is 7.21. The van der Waals surface area contributed by atoms with Gasteiger partial charge in [0.25, 0.3) is 0 Å². The van der Waals surface area contributed by atoms with Crippen molar-refractivity contribution >= 4 is 41.7 Å². The largest absolute Gasteiger partial charge is 0.352 e. The molecule has 0 bridgehead atoms. The Morgan fingerprint density at radius 3 is 2.75 bits per heavy atom. The third-order valence-electron chi connectivity index (χ3n) is 5.18. The van der Waals surface area contributed by atoms with Crippen LogP contribution in [0.4, 0.5) is 10.2 Å². The number of carbonyl (C=O) groups is 1. The van der Waals surface area contributed by atoms with Crippen LogP contribution >= 0.6 is 24.0 Å². The molecule has 1 unspecified atom stereocenters. The van der Waals surface area contributed by atoms with Gasteiger partial charge in [-0.1, -0.05) is 19.3 Å². The van der Waals surface area contributed by atoms with Gasteiger partial charge in [-0.15, -0.1) is 24.0 Å². The number of aromatic nitrogens is 1. The lowest BCUT2D eigenvalue weighted by molar-refractivity contribution is -0.120. The Morgan fingerprint density at radius 2 is 2.04 bits per heavy atom. The van der Waals surface area contributed by atoms with Gasteiger partial charge in [-0.3, -0.25) is 9.79 Å². The molecule has 1 atom stereocenters. The van der Waals surface area contributed by atoms with Crippen molar-refractivity contribution in [2.75, 3.05) is 31.6 Å². The van der Waals surface area contributed by atoms with Crippen LogP contribution in [0.25, 0.3) is 0 Å². The van der Waals surface area contributed by atoms with E-state index >= 15 is 0 Å². The second-order valence-electron chi connectivity index (χ2n) is 7.21. The third-order valence-corrected chi connectivity index (χ3v) is 5.18. The summed E-state index contributed by atoms with van der Waals surface area (Å²) in [5, 5.41) is 9.47. The summed E-state index contributed by atoms with van der Waals surface area (Å²) in [7, 11) is 1.68. The Morgan fingerprint density at radius 1 is 1.25 bits per heavy atom. The van der Waals surface area contributed by atoms with Gasteiger partial charge >= 0.3 is 0 Å². The first-order valence-electron chi connectivity index (χ1n) is 9.77. The highest BCUT2D eigenvalue weighted by Gasteiger charge is 2.26. The number of anilines is 1. The van der Waals surface area contributed by atoms with Crippen LogP contribution in [0, 0.1) is 5.82 Å². The average molecular weight is 504 g/mol. The summed E-state index contributed by atoms with van der Waals surface area (Å²) < 4.78 is 13.9. The highest BCUT2D eigenvalue weighted by atomic mass is 127. The Bertz CT molecular complexity index is 668. The summed E-state index contributed by atoms with van der Waals surface area (Å²) in [6, 6.07) is 3.45. The highest BCUT2D eigenvalue weighted by molar-refractivity contribution is 14.0. The minimum Gasteiger partial charge on any atom is -0.352 e. The number of pyridine rings is 1. The fraction of sp³-hybridized carbons (Fsp3) is 0.632. The van der Waals surface area contributed by atoms with E-state index in [0.717, 1.165) is 25.8 Å². The number of guanidine groups is 1. The predicted octanol–water partition coefficient (Wildman–Crippen LogP) is 2.03. The first-order valence-corrected chi connectivity index (χ1v) is 9.77. The van der Waals surface area contributed by atoms with Crippen LogP contribution in [0.1, 0.15) is 38.5 Å². The van der Waals surface area contributed by atoms with Gasteiger partial charge in [-0.05, 0) is 31.4 Å². The van der Waals surface area contributed by atoms with Crippen LogP contribution in [-0.4, -0.2) is 55.6 Å². The summed E-state index contributed by atoms with van der Waals surface area (Å²) in [6.07, 6.45) is 8.24. The molecule has 1 aliphatic carbocycles. The third kappa shape index (κ3) is 6.46. The van der Waals surface area contributed by atoms with Crippen LogP contribution < -0.4 is 20.9 Å². The van der Waals surface area contributed by atoms with Gasteiger partial charge in [0.15, 0.2) is 17.6 Å². The number of rotatable bonds is 5. The first kappa shape index (κ1) is 22.6. The van der Waals surface area contributed by atoms with E-state index in [1.165, 1.54) is 25.3 Å². The lowest BCUT2D eigenvalue weighted by Gasteiger charge is -2.23. The summed E-state index contributed by atoms with van der Waals surface area (Å²) in [5.41, 5.74) is 0. The average Bonchev–Trinajstić information content (AvgIpc) is 3.14. The maximum atomic E-state index is 13.9. The molecule has 2 heterocycles. The summed E-state index contributed by atoms with van der Waals surface area (Å²) in [6.45, 7) is 1.56. The molecule has 3 rings (SSSR count). The Labute approximate surface area is 183 Å². The fourth-order valence-corrected chi connectivity index (χ4v) is 3.76. The summed E-state index contributed by atoms with van der Waals surface area (Å²) >= 11 is 0. The van der Waals surface area contributed by atoms with Gasteiger partial charge in [0, 0.05) is 38.4 Å². The zero-order valence-corrected chi connectivity index (χ0v) is 18.6. The van der Waals surface area contributed by atoms with Gasteiger partial charge in [-0.2, -0.15) is 0 Å². The van der Waals surface area contributed by atoms with Gasteiger partial charge in [0.2, 0.25) is 5.91 Å². The minimum absolute atomic E-state index is 0. The molecular formula is C19H30FIN6O. The number of hydrogen-bond acceptors (Lipinski definition) is 4. The molecule has 3 N–H and O–H groups in total. The molecule has 1 aromatic heterocycles. The lowest BCUT2D eigenvalue weighted by Crippen LogP contribution is -2.49. The molecule has 28 heavy (non-hydrogen) atoms. The molecule has 1 saturated heterocycles. The SMILES string of the molecule is CN=C(NCC(=O)NC1CCCCC1)NC1CCN(c2ncccc2F)C1.I. The number of hydrogen-bond donors (Lipinski definition) is 3. The molecule has 1 amide bonds. The quantitative estimate of drug-likeness (QED) is 0.325. The Balaban J connectivity index is 0.00000280. The van der Waals surface area contributed by atoms with E-state index < -0.39 is 0 Å². The maximum Gasteiger partial charge on any atom is 0.239 e. The molecule has 1 saturated carbocycles. The molecule has 0 aromatic carbocycles. The topological polar surface area (TPSA) is 81.6 Å². The van der Waals surface area contributed by atoms with Crippen LogP contribution in [0.5, 0.6) is 0 Å². The number of amides is 1. The molecule has 0 spiro atoms. The number of aliphatic imine (C=N–C) groups is 1. The number of nitrogens with zero attached hydrogens (tertiary/aromatic N) is 3. The molecule has 2 fully saturated rings. The van der Waals surface area contributed by atoms with E-state index in [1.807, 2.05) is 4.90 Å². The molecule has 0 radical (unpaired) electrons. The zero-order chi connectivity index (χ0) is 19.1. The van der Waals surface area contributed by atoms with Crippen molar-refractivity contribution in [3.63, 3.8) is 0 Å². The van der Waals surface area contributed by atoms with Crippen LogP contribution in [0.15, 0.2) is 23.3 Å². The second kappa shape index (κ2) is 11.4. The Kier molecular flexibility index (Phi) is 9.20. The monoisotopic (exact) mass is 504 g/mol. The molecule has 2 aliphatic rings. The molecule has 9 heteroatoms. The van der Waals surface area contributed by atoms with Crippen molar-refractivity contribution in [3.05, 3.63) is 24.1 Å². The molecular weight excluding hydrogens is 474 g/mol. The minimum atomic E-state index is -0.306. The smallest absolute Gasteiger partial charge is 0.239 e. The predicted molar refractivity (Wildman–Crippen MR) is 120 cm³/mol. The van der Waals surface area contributed by atoms with Gasteiger partial charge < -0.3 is 20.9 Å². The zero-order valence-electron chi connectivity index (χ0n) is 16.3. The number of nitrogens with one attached hydrogen (secondary N) is 3. The fourth-order valence-electron chi connectivity index (χ4n) is 3.76. The van der Waals surface area contributed by atoms with Crippen LogP contribution in [-0.2, 0) is 4.79 Å². The van der Waals surface area contributed by atoms with E-state index in [-0.39, 0.29) is 48.3 Å². The normalized spacial score (nSPS) is 20.4. The van der Waals surface area contributed by atoms with Gasteiger partial charge in [0.1, 0.15) is 0 Å². The first-order chi connectivity index (χ1) is 13.2. The standard InChI is InChI=1S/C19H29FN6O.HI/c1-21-19(23-12-17(27)24-14-6-3-2-4-7-14)25-15-9-11-26(13-15)18-16(20)8-5-10-22-18;/h5,8,10,14-15H,2-4,6-7,9,11-13H2,1H3,(H,24,27)(H2,21,23,25);1H. The van der Waals surface area contributed by atoms with E-state index in [1.54, 1.807) is 19.3 Å². The van der Waals surface area contributed by atoms with Crippen LogP contribution in [0.3, 0.4) is 0 Å². The van der Waals surface area contributed by atoms with Crippen molar-refractivity contribution in [1.29, 1.82) is 0 Å². The molecule has 1 aromatic rings. The van der Waals surface area contributed by atoms with Gasteiger partial charge in [0.05, 0.1) is 6.54 Å². The van der Waals surface area contributed by atoms with Crippen LogP contribution in [0.2, 0.25) is 0 Å². The molecule has 7 nitrogen and oxygen atoms in total. The molecule has 156 valence electrons. The van der Waals surface area contributed by atoms with Gasteiger partial charge in [-0.25, -0.2) is 9.37 Å². The lowest BCUT2D eigenvalue weighted by atomic mass is 9.95. The van der Waals surface area contributed by atoms with Crippen molar-refractivity contribution in [2.45, 2.75) is 50.6 Å². The van der Waals surface area contributed by atoms with Crippen molar-refractivity contribution in [3.8, 4) is 0 Å². The number of carbonyl (C=O) groups excluding carboxylic acids is 1. The van der Waals surface area contributed by atoms with E-state index in [9.17, 15) is 9.18 Å². The number of halogens is 2. The molecule has 1 aliphatic heterocycles. The highest BCUT2D eigenvalue weighted by Crippen LogP contribution is 2.20. The van der Waals surface area contributed by atoms with E-state index in [2.05, 4.69) is 25.9 Å².